The maximum atomic E-state index is 11.6. The number of rotatable bonds is 5. The maximum Gasteiger partial charge on any atom is 0.338 e. The average molecular weight is 310 g/mol. The lowest BCUT2D eigenvalue weighted by molar-refractivity contribution is 0.0526. The second-order valence-corrected chi connectivity index (χ2v) is 5.23. The van der Waals surface area contributed by atoms with E-state index in [-0.39, 0.29) is 5.97 Å². The molecule has 0 aliphatic carbocycles. The Hall–Kier alpha value is -2.75. The van der Waals surface area contributed by atoms with Crippen molar-refractivity contribution in [3.63, 3.8) is 0 Å². The van der Waals surface area contributed by atoms with E-state index in [1.807, 2.05) is 43.3 Å². The van der Waals surface area contributed by atoms with E-state index in [2.05, 4.69) is 0 Å². The zero-order valence-electron chi connectivity index (χ0n) is 13.2. The van der Waals surface area contributed by atoms with Gasteiger partial charge in [0.05, 0.1) is 17.6 Å². The van der Waals surface area contributed by atoms with E-state index in [0.29, 0.717) is 18.8 Å². The molecule has 0 spiro atoms. The largest absolute Gasteiger partial charge is 0.488 e. The maximum absolute atomic E-state index is 11.6. The molecule has 4 nitrogen and oxygen atoms in total. The number of ether oxygens (including phenoxy) is 2. The van der Waals surface area contributed by atoms with Crippen LogP contribution in [0.25, 0.3) is 11.0 Å². The van der Waals surface area contributed by atoms with Crippen molar-refractivity contribution >= 4 is 16.9 Å². The predicted molar refractivity (Wildman–Crippen MR) is 87.7 cm³/mol. The minimum atomic E-state index is -0.307. The van der Waals surface area contributed by atoms with Gasteiger partial charge in [0.1, 0.15) is 23.7 Å². The minimum Gasteiger partial charge on any atom is -0.488 e. The van der Waals surface area contributed by atoms with E-state index >= 15 is 0 Å². The number of carbonyl (C=O) groups excluding carboxylic acids is 1. The Labute approximate surface area is 134 Å². The van der Waals surface area contributed by atoms with Gasteiger partial charge in [0.2, 0.25) is 0 Å². The molecule has 0 amide bonds. The first kappa shape index (κ1) is 15.2. The Kier molecular flexibility index (Phi) is 4.33. The van der Waals surface area contributed by atoms with Gasteiger partial charge in [-0.25, -0.2) is 4.79 Å². The molecule has 0 saturated heterocycles. The number of fused-ring (bicyclic) bond motifs is 1. The van der Waals surface area contributed by atoms with E-state index in [9.17, 15) is 4.79 Å². The van der Waals surface area contributed by atoms with Gasteiger partial charge < -0.3 is 13.9 Å². The van der Waals surface area contributed by atoms with Gasteiger partial charge in [0.25, 0.3) is 0 Å². The third kappa shape index (κ3) is 3.37. The topological polar surface area (TPSA) is 48.7 Å². The third-order valence-corrected chi connectivity index (χ3v) is 3.50. The quantitative estimate of drug-likeness (QED) is 0.651. The van der Waals surface area contributed by atoms with Crippen LogP contribution < -0.4 is 4.74 Å². The second kappa shape index (κ2) is 6.57. The van der Waals surface area contributed by atoms with E-state index in [0.717, 1.165) is 28.0 Å². The van der Waals surface area contributed by atoms with Gasteiger partial charge in [-0.15, -0.1) is 0 Å². The minimum absolute atomic E-state index is 0.307. The van der Waals surface area contributed by atoms with Crippen molar-refractivity contribution in [2.75, 3.05) is 6.61 Å². The summed E-state index contributed by atoms with van der Waals surface area (Å²) in [6, 6.07) is 14.9. The van der Waals surface area contributed by atoms with Crippen LogP contribution in [0.1, 0.15) is 28.6 Å². The molecule has 0 aliphatic rings. The van der Waals surface area contributed by atoms with Crippen molar-refractivity contribution in [2.45, 2.75) is 20.5 Å². The van der Waals surface area contributed by atoms with Gasteiger partial charge in [-0.2, -0.15) is 0 Å². The van der Waals surface area contributed by atoms with Crippen molar-refractivity contribution in [1.82, 2.24) is 0 Å². The van der Waals surface area contributed by atoms with E-state index in [1.54, 1.807) is 19.1 Å². The Bertz CT molecular complexity index is 815. The highest BCUT2D eigenvalue weighted by atomic mass is 16.5. The Morgan fingerprint density at radius 3 is 2.65 bits per heavy atom. The fraction of sp³-hybridized carbons (Fsp3) is 0.211. The van der Waals surface area contributed by atoms with E-state index < -0.39 is 0 Å². The van der Waals surface area contributed by atoms with Crippen LogP contribution in [-0.2, 0) is 11.3 Å². The van der Waals surface area contributed by atoms with Crippen molar-refractivity contribution in [3.05, 3.63) is 65.4 Å². The molecule has 0 atom stereocenters. The number of furan rings is 1. The zero-order valence-corrected chi connectivity index (χ0v) is 13.2. The highest BCUT2D eigenvalue weighted by Gasteiger charge is 2.08. The lowest BCUT2D eigenvalue weighted by Gasteiger charge is -2.08. The van der Waals surface area contributed by atoms with Crippen LogP contribution in [0, 0.1) is 6.92 Å². The molecule has 1 heterocycles. The average Bonchev–Trinajstić information content (AvgIpc) is 2.94. The number of esters is 1. The van der Waals surface area contributed by atoms with Crippen molar-refractivity contribution in [1.29, 1.82) is 0 Å². The zero-order chi connectivity index (χ0) is 16.2. The van der Waals surface area contributed by atoms with Crippen LogP contribution in [0.4, 0.5) is 0 Å². The van der Waals surface area contributed by atoms with E-state index in [1.165, 1.54) is 0 Å². The van der Waals surface area contributed by atoms with Crippen LogP contribution in [0.2, 0.25) is 0 Å². The Morgan fingerprint density at radius 1 is 1.13 bits per heavy atom. The third-order valence-electron chi connectivity index (χ3n) is 3.50. The molecule has 118 valence electrons. The molecule has 2 aromatic carbocycles. The van der Waals surface area contributed by atoms with E-state index in [4.69, 9.17) is 13.9 Å². The van der Waals surface area contributed by atoms with Gasteiger partial charge in [0.15, 0.2) is 0 Å². The normalized spacial score (nSPS) is 10.7. The molecule has 3 rings (SSSR count). The monoisotopic (exact) mass is 310 g/mol. The molecule has 4 heteroatoms. The lowest BCUT2D eigenvalue weighted by Crippen LogP contribution is -2.04. The number of aryl methyl sites for hydroxylation is 1. The summed E-state index contributed by atoms with van der Waals surface area (Å²) in [6.07, 6.45) is 0. The second-order valence-electron chi connectivity index (χ2n) is 5.23. The molecular formula is C19H18O4. The molecule has 0 N–H and O–H groups in total. The summed E-state index contributed by atoms with van der Waals surface area (Å²) in [6.45, 7) is 4.50. The van der Waals surface area contributed by atoms with Crippen molar-refractivity contribution in [2.24, 2.45) is 0 Å². The highest BCUT2D eigenvalue weighted by molar-refractivity contribution is 5.89. The Morgan fingerprint density at radius 2 is 1.91 bits per heavy atom. The summed E-state index contributed by atoms with van der Waals surface area (Å²) in [7, 11) is 0. The molecular weight excluding hydrogens is 292 g/mol. The summed E-state index contributed by atoms with van der Waals surface area (Å²) in [5.74, 6) is 1.34. The lowest BCUT2D eigenvalue weighted by atomic mass is 10.1. The van der Waals surface area contributed by atoms with Crippen molar-refractivity contribution < 1.29 is 18.7 Å². The molecule has 3 aromatic rings. The van der Waals surface area contributed by atoms with Crippen LogP contribution in [-0.4, -0.2) is 12.6 Å². The number of benzene rings is 2. The molecule has 1 aromatic heterocycles. The molecule has 0 saturated carbocycles. The summed E-state index contributed by atoms with van der Waals surface area (Å²) < 4.78 is 16.5. The molecule has 0 bridgehead atoms. The Balaban J connectivity index is 1.71. The molecule has 0 radical (unpaired) electrons. The van der Waals surface area contributed by atoms with Gasteiger partial charge in [-0.1, -0.05) is 18.2 Å². The first-order chi connectivity index (χ1) is 11.2. The van der Waals surface area contributed by atoms with Gasteiger partial charge >= 0.3 is 5.97 Å². The van der Waals surface area contributed by atoms with Crippen molar-refractivity contribution in [3.8, 4) is 5.75 Å². The number of carbonyl (C=O) groups is 1. The summed E-state index contributed by atoms with van der Waals surface area (Å²) in [5, 5.41) is 0.966. The summed E-state index contributed by atoms with van der Waals surface area (Å²) in [4.78, 5) is 11.6. The van der Waals surface area contributed by atoms with Crippen LogP contribution in [0.15, 0.2) is 52.9 Å². The predicted octanol–water partition coefficient (Wildman–Crippen LogP) is 4.50. The summed E-state index contributed by atoms with van der Waals surface area (Å²) >= 11 is 0. The SMILES string of the molecule is CCOC(=O)c1ccc(COc2cccc3oc(C)cc23)cc1. The van der Waals surface area contributed by atoms with Gasteiger partial charge in [-0.3, -0.25) is 0 Å². The van der Waals surface area contributed by atoms with Crippen LogP contribution in [0.3, 0.4) is 0 Å². The fourth-order valence-corrected chi connectivity index (χ4v) is 2.40. The highest BCUT2D eigenvalue weighted by Crippen LogP contribution is 2.29. The number of hydrogen-bond acceptors (Lipinski definition) is 4. The number of hydrogen-bond donors (Lipinski definition) is 0. The molecule has 23 heavy (non-hydrogen) atoms. The first-order valence-corrected chi connectivity index (χ1v) is 7.55. The van der Waals surface area contributed by atoms with Crippen LogP contribution >= 0.6 is 0 Å². The summed E-state index contributed by atoms with van der Waals surface area (Å²) in [5.41, 5.74) is 2.34. The smallest absolute Gasteiger partial charge is 0.338 e. The molecule has 0 fully saturated rings. The first-order valence-electron chi connectivity index (χ1n) is 7.55. The fourth-order valence-electron chi connectivity index (χ4n) is 2.40. The standard InChI is InChI=1S/C19H18O4/c1-3-21-19(20)15-9-7-14(8-10-15)12-22-17-5-4-6-18-16(17)11-13(2)23-18/h4-11H,3,12H2,1-2H3. The van der Waals surface area contributed by atoms with Crippen LogP contribution in [0.5, 0.6) is 5.75 Å². The molecule has 0 unspecified atom stereocenters. The van der Waals surface area contributed by atoms with Gasteiger partial charge in [-0.05, 0) is 49.7 Å². The molecule has 0 aliphatic heterocycles. The van der Waals surface area contributed by atoms with Gasteiger partial charge in [0, 0.05) is 0 Å².